The topological polar surface area (TPSA) is 65.2 Å². The number of phenolic OH excluding ortho intramolecular Hbond substituents is 2. The van der Waals surface area contributed by atoms with E-state index in [-0.39, 0.29) is 21.5 Å². The smallest absolute Gasteiger partial charge is 0.143 e. The van der Waals surface area contributed by atoms with Crippen molar-refractivity contribution in [1.29, 1.82) is 0 Å². The predicted octanol–water partition coefficient (Wildman–Crippen LogP) is 6.95. The highest BCUT2D eigenvalue weighted by atomic mass is 35.5. The van der Waals surface area contributed by atoms with Crippen molar-refractivity contribution < 1.29 is 10.2 Å². The van der Waals surface area contributed by atoms with Crippen LogP contribution in [0.25, 0.3) is 0 Å². The van der Waals surface area contributed by atoms with Gasteiger partial charge in [0.25, 0.3) is 0 Å². The van der Waals surface area contributed by atoms with Gasteiger partial charge < -0.3 is 10.2 Å². The van der Waals surface area contributed by atoms with Gasteiger partial charge in [-0.2, -0.15) is 0 Å². The number of hydrogen-bond donors (Lipinski definition) is 2. The van der Waals surface area contributed by atoms with E-state index in [2.05, 4.69) is 9.98 Å². The van der Waals surface area contributed by atoms with Gasteiger partial charge in [-0.25, -0.2) is 0 Å². The molecule has 154 valence electrons. The number of benzene rings is 3. The van der Waals surface area contributed by atoms with Gasteiger partial charge >= 0.3 is 0 Å². The molecule has 0 spiro atoms. The molecule has 0 aliphatic heterocycles. The Morgan fingerprint density at radius 2 is 1.10 bits per heavy atom. The lowest BCUT2D eigenvalue weighted by atomic mass is 10.1. The Morgan fingerprint density at radius 1 is 0.667 bits per heavy atom. The molecule has 0 amide bonds. The van der Waals surface area contributed by atoms with E-state index in [9.17, 15) is 10.2 Å². The van der Waals surface area contributed by atoms with Crippen LogP contribution in [0, 0.1) is 0 Å². The summed E-state index contributed by atoms with van der Waals surface area (Å²) in [5.74, 6) is -0.116. The minimum atomic E-state index is -0.0581. The molecular formula is C22H16Cl4N2O2. The Morgan fingerprint density at radius 3 is 1.53 bits per heavy atom. The maximum absolute atomic E-state index is 9.98. The molecule has 0 fully saturated rings. The van der Waals surface area contributed by atoms with Crippen LogP contribution in [0.1, 0.15) is 22.3 Å². The Hall–Kier alpha value is -2.24. The molecule has 2 N–H and O–H groups in total. The summed E-state index contributed by atoms with van der Waals surface area (Å²) in [5.41, 5.74) is 2.85. The minimum Gasteiger partial charge on any atom is -0.506 e. The fourth-order valence-corrected chi connectivity index (χ4v) is 3.71. The van der Waals surface area contributed by atoms with Gasteiger partial charge in [0.05, 0.1) is 23.1 Å². The van der Waals surface area contributed by atoms with E-state index in [1.807, 2.05) is 24.3 Å². The van der Waals surface area contributed by atoms with Crippen molar-refractivity contribution in [3.05, 3.63) is 90.9 Å². The van der Waals surface area contributed by atoms with Crippen LogP contribution < -0.4 is 0 Å². The first kappa shape index (κ1) is 22.4. The van der Waals surface area contributed by atoms with Crippen LogP contribution in [-0.2, 0) is 13.1 Å². The molecule has 0 bridgehead atoms. The van der Waals surface area contributed by atoms with E-state index >= 15 is 0 Å². The van der Waals surface area contributed by atoms with Crippen molar-refractivity contribution in [2.45, 2.75) is 13.1 Å². The maximum atomic E-state index is 9.98. The molecule has 3 rings (SSSR count). The van der Waals surface area contributed by atoms with Crippen molar-refractivity contribution >= 4 is 58.8 Å². The number of phenols is 2. The summed E-state index contributed by atoms with van der Waals surface area (Å²) in [5, 5.41) is 21.2. The van der Waals surface area contributed by atoms with Crippen LogP contribution in [-0.4, -0.2) is 22.6 Å². The van der Waals surface area contributed by atoms with Crippen LogP contribution >= 0.6 is 46.4 Å². The number of rotatable bonds is 6. The van der Waals surface area contributed by atoms with Crippen molar-refractivity contribution in [3.63, 3.8) is 0 Å². The standard InChI is InChI=1S/C22H16Cl4N2O2/c23-17-5-15(21(29)19(25)7-17)11-27-9-13-2-1-3-14(4-13)10-28-12-16-6-18(24)8-20(26)22(16)30/h1-8,11-12,29-30H,9-10H2. The summed E-state index contributed by atoms with van der Waals surface area (Å²) in [7, 11) is 0. The first-order valence-corrected chi connectivity index (χ1v) is 10.3. The zero-order chi connectivity index (χ0) is 21.7. The summed E-state index contributed by atoms with van der Waals surface area (Å²) in [6.07, 6.45) is 3.06. The lowest BCUT2D eigenvalue weighted by Crippen LogP contribution is -1.90. The molecule has 0 unspecified atom stereocenters. The average Bonchev–Trinajstić information content (AvgIpc) is 2.69. The van der Waals surface area contributed by atoms with Crippen LogP contribution in [0.15, 0.2) is 58.5 Å². The van der Waals surface area contributed by atoms with Gasteiger partial charge in [-0.1, -0.05) is 70.7 Å². The molecule has 4 nitrogen and oxygen atoms in total. The van der Waals surface area contributed by atoms with Gasteiger partial charge in [-0.15, -0.1) is 0 Å². The lowest BCUT2D eigenvalue weighted by Gasteiger charge is -2.04. The van der Waals surface area contributed by atoms with E-state index in [1.165, 1.54) is 24.6 Å². The molecule has 3 aromatic rings. The summed E-state index contributed by atoms with van der Waals surface area (Å²) < 4.78 is 0. The second-order valence-corrected chi connectivity index (χ2v) is 8.10. The van der Waals surface area contributed by atoms with Crippen molar-refractivity contribution in [2.24, 2.45) is 9.98 Å². The SMILES string of the molecule is Oc1c(Cl)cc(Cl)cc1C=NCc1cccc(CN=Cc2cc(Cl)cc(Cl)c2O)c1. The summed E-state index contributed by atoms with van der Waals surface area (Å²) in [6, 6.07) is 13.9. The van der Waals surface area contributed by atoms with Crippen molar-refractivity contribution in [1.82, 2.24) is 0 Å². The molecule has 0 aromatic heterocycles. The highest BCUT2D eigenvalue weighted by Crippen LogP contribution is 2.31. The lowest BCUT2D eigenvalue weighted by molar-refractivity contribution is 0.474. The minimum absolute atomic E-state index is 0.0581. The zero-order valence-electron chi connectivity index (χ0n) is 15.5. The molecule has 0 aliphatic carbocycles. The molecule has 0 aliphatic rings. The Kier molecular flexibility index (Phi) is 7.62. The number of aromatic hydroxyl groups is 2. The first-order chi connectivity index (χ1) is 14.3. The summed E-state index contributed by atoms with van der Waals surface area (Å²) in [6.45, 7) is 0.817. The highest BCUT2D eigenvalue weighted by molar-refractivity contribution is 6.36. The summed E-state index contributed by atoms with van der Waals surface area (Å²) >= 11 is 23.7. The molecule has 3 aromatic carbocycles. The average molecular weight is 482 g/mol. The number of halogens is 4. The molecule has 0 atom stereocenters. The molecular weight excluding hydrogens is 466 g/mol. The third-order valence-electron chi connectivity index (χ3n) is 4.12. The fourth-order valence-electron chi connectivity index (χ4n) is 2.69. The van der Waals surface area contributed by atoms with E-state index in [4.69, 9.17) is 46.4 Å². The second-order valence-electron chi connectivity index (χ2n) is 6.41. The van der Waals surface area contributed by atoms with Crippen LogP contribution in [0.2, 0.25) is 20.1 Å². The van der Waals surface area contributed by atoms with Gasteiger partial charge in [0.2, 0.25) is 0 Å². The maximum Gasteiger partial charge on any atom is 0.143 e. The van der Waals surface area contributed by atoms with E-state index < -0.39 is 0 Å². The molecule has 0 saturated carbocycles. The fraction of sp³-hybridized carbons (Fsp3) is 0.0909. The monoisotopic (exact) mass is 480 g/mol. The molecule has 0 heterocycles. The Bertz CT molecular complexity index is 1050. The molecule has 8 heteroatoms. The largest absolute Gasteiger partial charge is 0.506 e. The van der Waals surface area contributed by atoms with Gasteiger partial charge in [0, 0.05) is 33.6 Å². The van der Waals surface area contributed by atoms with Crippen molar-refractivity contribution in [2.75, 3.05) is 0 Å². The Balaban J connectivity index is 1.67. The quantitative estimate of drug-likeness (QED) is 0.374. The van der Waals surface area contributed by atoms with E-state index in [0.29, 0.717) is 34.3 Å². The van der Waals surface area contributed by atoms with E-state index in [0.717, 1.165) is 11.1 Å². The highest BCUT2D eigenvalue weighted by Gasteiger charge is 2.07. The van der Waals surface area contributed by atoms with Crippen molar-refractivity contribution in [3.8, 4) is 11.5 Å². The third kappa shape index (κ3) is 5.89. The third-order valence-corrected chi connectivity index (χ3v) is 5.13. The van der Waals surface area contributed by atoms with Gasteiger partial charge in [0.15, 0.2) is 0 Å². The molecule has 0 saturated heterocycles. The summed E-state index contributed by atoms with van der Waals surface area (Å²) in [4.78, 5) is 8.70. The normalized spacial score (nSPS) is 11.6. The first-order valence-electron chi connectivity index (χ1n) is 8.77. The number of nitrogens with zero attached hydrogens (tertiary/aromatic N) is 2. The number of aliphatic imine (C=N–C) groups is 2. The van der Waals surface area contributed by atoms with Gasteiger partial charge in [-0.3, -0.25) is 9.98 Å². The molecule has 30 heavy (non-hydrogen) atoms. The zero-order valence-corrected chi connectivity index (χ0v) is 18.5. The molecule has 0 radical (unpaired) electrons. The van der Waals surface area contributed by atoms with Gasteiger partial charge in [-0.05, 0) is 35.4 Å². The van der Waals surface area contributed by atoms with Crippen LogP contribution in [0.3, 0.4) is 0 Å². The van der Waals surface area contributed by atoms with Crippen LogP contribution in [0.5, 0.6) is 11.5 Å². The number of hydrogen-bond acceptors (Lipinski definition) is 4. The van der Waals surface area contributed by atoms with Crippen LogP contribution in [0.4, 0.5) is 0 Å². The predicted molar refractivity (Wildman–Crippen MR) is 125 cm³/mol. The second kappa shape index (κ2) is 10.2. The van der Waals surface area contributed by atoms with Gasteiger partial charge in [0.1, 0.15) is 11.5 Å². The Labute approximate surface area is 194 Å². The van der Waals surface area contributed by atoms with E-state index in [1.54, 1.807) is 12.1 Å².